The molecule has 0 aromatic heterocycles. The Morgan fingerprint density at radius 3 is 2.50 bits per heavy atom. The van der Waals surface area contributed by atoms with Crippen LogP contribution < -0.4 is 0 Å². The summed E-state index contributed by atoms with van der Waals surface area (Å²) in [5.41, 5.74) is 1.42. The van der Waals surface area contributed by atoms with E-state index in [1.165, 1.54) is 5.56 Å². The van der Waals surface area contributed by atoms with Crippen molar-refractivity contribution in [2.75, 3.05) is 19.0 Å². The van der Waals surface area contributed by atoms with E-state index in [9.17, 15) is 4.79 Å². The lowest BCUT2D eigenvalue weighted by atomic mass is 9.90. The van der Waals surface area contributed by atoms with E-state index in [1.807, 2.05) is 0 Å². The Morgan fingerprint density at radius 2 is 1.94 bits per heavy atom. The molecule has 0 N–H and O–H groups in total. The van der Waals surface area contributed by atoms with Crippen LogP contribution in [0.3, 0.4) is 0 Å². The molecule has 1 aromatic rings. The first-order valence-corrected chi connectivity index (χ1v) is 7.16. The number of likely N-dealkylation sites (tertiary alicyclic amines) is 1. The monoisotopic (exact) mass is 265 g/mol. The minimum atomic E-state index is -0.0932. The molecule has 0 bridgehead atoms. The topological polar surface area (TPSA) is 20.3 Å². The second-order valence-electron chi connectivity index (χ2n) is 5.03. The molecule has 98 valence electrons. The number of alkyl halides is 1. The first kappa shape index (κ1) is 13.6. The lowest BCUT2D eigenvalue weighted by molar-refractivity contribution is -0.112. The fourth-order valence-corrected chi connectivity index (χ4v) is 2.92. The third-order valence-electron chi connectivity index (χ3n) is 3.80. The van der Waals surface area contributed by atoms with Crippen molar-refractivity contribution in [1.29, 1.82) is 0 Å². The van der Waals surface area contributed by atoms with Crippen LogP contribution in [0.15, 0.2) is 30.3 Å². The molecular weight excluding hydrogens is 246 g/mol. The SMILES string of the molecule is O=CC(CCl)N1CCC(Cc2ccccc2)CC1. The van der Waals surface area contributed by atoms with Gasteiger partial charge in [0.05, 0.1) is 6.04 Å². The van der Waals surface area contributed by atoms with Crippen LogP contribution in [-0.2, 0) is 11.2 Å². The zero-order chi connectivity index (χ0) is 12.8. The summed E-state index contributed by atoms with van der Waals surface area (Å²) in [6.07, 6.45) is 4.46. The summed E-state index contributed by atoms with van der Waals surface area (Å²) >= 11 is 5.79. The standard InChI is InChI=1S/C15H20ClNO/c16-11-15(12-18)17-8-6-14(7-9-17)10-13-4-2-1-3-5-13/h1-5,12,14-15H,6-11H2. The van der Waals surface area contributed by atoms with E-state index in [1.54, 1.807) is 0 Å². The Balaban J connectivity index is 1.82. The second kappa shape index (κ2) is 6.91. The Kier molecular flexibility index (Phi) is 5.21. The van der Waals surface area contributed by atoms with Crippen LogP contribution in [0.2, 0.25) is 0 Å². The first-order valence-electron chi connectivity index (χ1n) is 6.62. The molecule has 0 spiro atoms. The maximum Gasteiger partial charge on any atom is 0.138 e. The van der Waals surface area contributed by atoms with Gasteiger partial charge in [-0.1, -0.05) is 30.3 Å². The lowest BCUT2D eigenvalue weighted by Crippen LogP contribution is -2.43. The highest BCUT2D eigenvalue weighted by atomic mass is 35.5. The van der Waals surface area contributed by atoms with E-state index in [4.69, 9.17) is 11.6 Å². The minimum Gasteiger partial charge on any atom is -0.302 e. The average Bonchev–Trinajstić information content (AvgIpc) is 2.43. The van der Waals surface area contributed by atoms with Gasteiger partial charge < -0.3 is 4.79 Å². The maximum atomic E-state index is 10.9. The predicted molar refractivity (Wildman–Crippen MR) is 75.0 cm³/mol. The van der Waals surface area contributed by atoms with Gasteiger partial charge in [0.15, 0.2) is 0 Å². The summed E-state index contributed by atoms with van der Waals surface area (Å²) in [7, 11) is 0. The van der Waals surface area contributed by atoms with Crippen molar-refractivity contribution >= 4 is 17.9 Å². The molecular formula is C15H20ClNO. The van der Waals surface area contributed by atoms with E-state index in [-0.39, 0.29) is 6.04 Å². The minimum absolute atomic E-state index is 0.0932. The molecule has 0 aliphatic carbocycles. The molecule has 1 fully saturated rings. The normalized spacial score (nSPS) is 19.6. The summed E-state index contributed by atoms with van der Waals surface area (Å²) in [6, 6.07) is 10.5. The predicted octanol–water partition coefficient (Wildman–Crippen LogP) is 2.75. The molecule has 1 aliphatic rings. The van der Waals surface area contributed by atoms with E-state index in [0.29, 0.717) is 5.88 Å². The van der Waals surface area contributed by atoms with E-state index in [2.05, 4.69) is 35.2 Å². The smallest absolute Gasteiger partial charge is 0.138 e. The number of carbonyl (C=O) groups excluding carboxylic acids is 1. The molecule has 1 saturated heterocycles. The molecule has 1 aliphatic heterocycles. The highest BCUT2D eigenvalue weighted by molar-refractivity contribution is 6.19. The Morgan fingerprint density at radius 1 is 1.28 bits per heavy atom. The number of rotatable bonds is 5. The Bertz CT molecular complexity index is 360. The second-order valence-corrected chi connectivity index (χ2v) is 5.34. The fraction of sp³-hybridized carbons (Fsp3) is 0.533. The van der Waals surface area contributed by atoms with Crippen LogP contribution in [-0.4, -0.2) is 36.2 Å². The number of aldehydes is 1. The Hall–Kier alpha value is -0.860. The van der Waals surface area contributed by atoms with Gasteiger partial charge in [-0.15, -0.1) is 11.6 Å². The average molecular weight is 266 g/mol. The van der Waals surface area contributed by atoms with Crippen LogP contribution in [0.25, 0.3) is 0 Å². The van der Waals surface area contributed by atoms with Crippen molar-refractivity contribution in [2.24, 2.45) is 5.92 Å². The van der Waals surface area contributed by atoms with Gasteiger partial charge >= 0.3 is 0 Å². The van der Waals surface area contributed by atoms with Gasteiger partial charge in [0.2, 0.25) is 0 Å². The van der Waals surface area contributed by atoms with Crippen molar-refractivity contribution in [2.45, 2.75) is 25.3 Å². The molecule has 2 nitrogen and oxygen atoms in total. The summed E-state index contributed by atoms with van der Waals surface area (Å²) in [6.45, 7) is 1.99. The highest BCUT2D eigenvalue weighted by Gasteiger charge is 2.24. The molecule has 2 rings (SSSR count). The molecule has 1 atom stereocenters. The third kappa shape index (κ3) is 3.56. The largest absolute Gasteiger partial charge is 0.302 e. The number of halogens is 1. The zero-order valence-corrected chi connectivity index (χ0v) is 11.4. The molecule has 1 aromatic carbocycles. The van der Waals surface area contributed by atoms with Gasteiger partial charge in [-0.05, 0) is 43.8 Å². The van der Waals surface area contributed by atoms with E-state index in [0.717, 1.165) is 44.6 Å². The number of hydrogen-bond donors (Lipinski definition) is 0. The van der Waals surface area contributed by atoms with Crippen molar-refractivity contribution in [3.05, 3.63) is 35.9 Å². The van der Waals surface area contributed by atoms with Gasteiger partial charge in [0, 0.05) is 5.88 Å². The van der Waals surface area contributed by atoms with Gasteiger partial charge in [-0.3, -0.25) is 4.90 Å². The fourth-order valence-electron chi connectivity index (χ4n) is 2.66. The van der Waals surface area contributed by atoms with E-state index >= 15 is 0 Å². The molecule has 0 saturated carbocycles. The van der Waals surface area contributed by atoms with Crippen LogP contribution >= 0.6 is 11.6 Å². The summed E-state index contributed by atoms with van der Waals surface area (Å²) in [5, 5.41) is 0. The summed E-state index contributed by atoms with van der Waals surface area (Å²) in [5.74, 6) is 1.15. The van der Waals surface area contributed by atoms with Crippen LogP contribution in [0.1, 0.15) is 18.4 Å². The van der Waals surface area contributed by atoms with Crippen molar-refractivity contribution in [3.8, 4) is 0 Å². The number of hydrogen-bond acceptors (Lipinski definition) is 2. The van der Waals surface area contributed by atoms with Crippen molar-refractivity contribution in [3.63, 3.8) is 0 Å². The number of nitrogens with zero attached hydrogens (tertiary/aromatic N) is 1. The molecule has 3 heteroatoms. The number of piperidine rings is 1. The molecule has 1 unspecified atom stereocenters. The lowest BCUT2D eigenvalue weighted by Gasteiger charge is -2.34. The summed E-state index contributed by atoms with van der Waals surface area (Å²) in [4.78, 5) is 13.1. The summed E-state index contributed by atoms with van der Waals surface area (Å²) < 4.78 is 0. The maximum absolute atomic E-state index is 10.9. The molecule has 0 amide bonds. The van der Waals surface area contributed by atoms with Crippen molar-refractivity contribution in [1.82, 2.24) is 4.90 Å². The van der Waals surface area contributed by atoms with Crippen molar-refractivity contribution < 1.29 is 4.79 Å². The van der Waals surface area contributed by atoms with Crippen LogP contribution in [0.4, 0.5) is 0 Å². The number of carbonyl (C=O) groups is 1. The van der Waals surface area contributed by atoms with E-state index < -0.39 is 0 Å². The number of benzene rings is 1. The quantitative estimate of drug-likeness (QED) is 0.603. The van der Waals surface area contributed by atoms with Crippen LogP contribution in [0.5, 0.6) is 0 Å². The molecule has 18 heavy (non-hydrogen) atoms. The van der Waals surface area contributed by atoms with Gasteiger partial charge in [-0.25, -0.2) is 0 Å². The van der Waals surface area contributed by atoms with Crippen LogP contribution in [0, 0.1) is 5.92 Å². The van der Waals surface area contributed by atoms with Gasteiger partial charge in [0.25, 0.3) is 0 Å². The molecule has 1 heterocycles. The highest BCUT2D eigenvalue weighted by Crippen LogP contribution is 2.22. The molecule has 0 radical (unpaired) electrons. The first-order chi connectivity index (χ1) is 8.83. The van der Waals surface area contributed by atoms with Gasteiger partial charge in [0.1, 0.15) is 6.29 Å². The zero-order valence-electron chi connectivity index (χ0n) is 10.6. The Labute approximate surface area is 114 Å². The van der Waals surface area contributed by atoms with Gasteiger partial charge in [-0.2, -0.15) is 0 Å². The third-order valence-corrected chi connectivity index (χ3v) is 4.12.